The van der Waals surface area contributed by atoms with Gasteiger partial charge in [0, 0.05) is 18.5 Å². The van der Waals surface area contributed by atoms with Crippen LogP contribution in [0.2, 0.25) is 0 Å². The van der Waals surface area contributed by atoms with Crippen molar-refractivity contribution in [1.29, 1.82) is 0 Å². The summed E-state index contributed by atoms with van der Waals surface area (Å²) in [5.41, 5.74) is 2.62. The summed E-state index contributed by atoms with van der Waals surface area (Å²) >= 11 is 0. The molecular formula is C16H28NO3P. The van der Waals surface area contributed by atoms with Crippen molar-refractivity contribution in [2.75, 3.05) is 13.2 Å². The molecule has 0 saturated heterocycles. The Morgan fingerprint density at radius 3 is 2.67 bits per heavy atom. The summed E-state index contributed by atoms with van der Waals surface area (Å²) in [4.78, 5) is 0. The van der Waals surface area contributed by atoms with Crippen LogP contribution >= 0.6 is 7.60 Å². The third-order valence-corrected chi connectivity index (χ3v) is 4.99. The first kappa shape index (κ1) is 18.1. The Bertz CT molecular complexity index is 419. The third kappa shape index (κ3) is 7.07. The van der Waals surface area contributed by atoms with Gasteiger partial charge in [0.2, 0.25) is 0 Å². The molecule has 0 aromatic carbocycles. The highest BCUT2D eigenvalue weighted by Crippen LogP contribution is 2.50. The molecule has 1 unspecified atom stereocenters. The molecule has 1 aliphatic carbocycles. The van der Waals surface area contributed by atoms with E-state index in [2.05, 4.69) is 30.5 Å². The minimum Gasteiger partial charge on any atom is -0.420 e. The second-order valence-electron chi connectivity index (χ2n) is 5.32. The summed E-state index contributed by atoms with van der Waals surface area (Å²) in [6, 6.07) is 2.70. The predicted molar refractivity (Wildman–Crippen MR) is 86.7 cm³/mol. The first-order chi connectivity index (χ1) is 10.1. The van der Waals surface area contributed by atoms with E-state index in [1.54, 1.807) is 6.92 Å². The maximum absolute atomic E-state index is 12.6. The fourth-order valence-electron chi connectivity index (χ4n) is 2.34. The van der Waals surface area contributed by atoms with Gasteiger partial charge in [-0.2, -0.15) is 0 Å². The second-order valence-corrected chi connectivity index (χ2v) is 6.98. The number of hydrogen-bond donors (Lipinski definition) is 1. The van der Waals surface area contributed by atoms with Crippen LogP contribution in [0.1, 0.15) is 58.8 Å². The summed E-state index contributed by atoms with van der Waals surface area (Å²) in [5, 5.41) is 2.93. The molecule has 4 nitrogen and oxygen atoms in total. The van der Waals surface area contributed by atoms with E-state index in [4.69, 9.17) is 9.05 Å². The molecule has 1 aliphatic rings. The van der Waals surface area contributed by atoms with E-state index in [0.717, 1.165) is 32.2 Å². The molecule has 0 aliphatic heterocycles. The van der Waals surface area contributed by atoms with Gasteiger partial charge in [-0.25, -0.2) is 4.57 Å². The van der Waals surface area contributed by atoms with E-state index >= 15 is 0 Å². The van der Waals surface area contributed by atoms with Crippen molar-refractivity contribution in [3.8, 4) is 11.7 Å². The smallest absolute Gasteiger partial charge is 0.420 e. The van der Waals surface area contributed by atoms with Crippen LogP contribution in [0.3, 0.4) is 0 Å². The largest absolute Gasteiger partial charge is 0.458 e. The van der Waals surface area contributed by atoms with Crippen LogP contribution in [0.4, 0.5) is 0 Å². The summed E-state index contributed by atoms with van der Waals surface area (Å²) < 4.78 is 23.4. The van der Waals surface area contributed by atoms with Gasteiger partial charge in [-0.1, -0.05) is 39.2 Å². The van der Waals surface area contributed by atoms with E-state index in [1.165, 1.54) is 19.3 Å². The van der Waals surface area contributed by atoms with Gasteiger partial charge >= 0.3 is 7.60 Å². The molecule has 1 rings (SSSR count). The van der Waals surface area contributed by atoms with Crippen molar-refractivity contribution in [3.63, 3.8) is 0 Å². The second kappa shape index (κ2) is 9.92. The third-order valence-electron chi connectivity index (χ3n) is 3.53. The highest BCUT2D eigenvalue weighted by molar-refractivity contribution is 7.59. The van der Waals surface area contributed by atoms with Gasteiger partial charge in [0.05, 0.1) is 12.3 Å². The molecule has 5 heteroatoms. The Kier molecular flexibility index (Phi) is 8.57. The van der Waals surface area contributed by atoms with Crippen molar-refractivity contribution < 1.29 is 13.6 Å². The Morgan fingerprint density at radius 2 is 2.05 bits per heavy atom. The zero-order chi connectivity index (χ0) is 15.6. The summed E-state index contributed by atoms with van der Waals surface area (Å²) in [7, 11) is -3.41. The molecule has 0 amide bonds. The van der Waals surface area contributed by atoms with Crippen LogP contribution in [-0.4, -0.2) is 13.2 Å². The van der Waals surface area contributed by atoms with Crippen molar-refractivity contribution in [2.24, 2.45) is 5.92 Å². The minimum absolute atomic E-state index is 0.280. The number of nitrogens with one attached hydrogen (secondary N) is 1. The van der Waals surface area contributed by atoms with Gasteiger partial charge in [-0.3, -0.25) is 4.52 Å². The van der Waals surface area contributed by atoms with Gasteiger partial charge in [0.1, 0.15) is 5.76 Å². The molecule has 0 heterocycles. The molecule has 21 heavy (non-hydrogen) atoms. The van der Waals surface area contributed by atoms with Gasteiger partial charge in [-0.15, -0.1) is 0 Å². The Labute approximate surface area is 129 Å². The molecular weight excluding hydrogens is 285 g/mol. The zero-order valence-electron chi connectivity index (χ0n) is 13.3. The van der Waals surface area contributed by atoms with Crippen LogP contribution in [0.15, 0.2) is 12.3 Å². The van der Waals surface area contributed by atoms with Crippen molar-refractivity contribution in [2.45, 2.75) is 58.8 Å². The maximum atomic E-state index is 12.6. The SMILES string of the molecule is C=C(OP(=O)(C#CNCCCC)OCC)C1CCCCC1. The molecule has 1 fully saturated rings. The highest BCUT2D eigenvalue weighted by Gasteiger charge is 2.27. The van der Waals surface area contributed by atoms with E-state index in [1.807, 2.05) is 0 Å². The monoisotopic (exact) mass is 313 g/mol. The maximum Gasteiger partial charge on any atom is 0.458 e. The number of rotatable bonds is 8. The fourth-order valence-corrected chi connectivity index (χ4v) is 3.52. The van der Waals surface area contributed by atoms with E-state index in [9.17, 15) is 4.57 Å². The lowest BCUT2D eigenvalue weighted by Crippen LogP contribution is -2.11. The molecule has 0 aromatic rings. The van der Waals surface area contributed by atoms with E-state index in [0.29, 0.717) is 12.4 Å². The molecule has 120 valence electrons. The number of allylic oxidation sites excluding steroid dienone is 1. The van der Waals surface area contributed by atoms with Gasteiger partial charge in [-0.05, 0) is 26.2 Å². The van der Waals surface area contributed by atoms with Crippen molar-refractivity contribution in [1.82, 2.24) is 5.32 Å². The fraction of sp³-hybridized carbons (Fsp3) is 0.750. The first-order valence-corrected chi connectivity index (χ1v) is 9.53. The predicted octanol–water partition coefficient (Wildman–Crippen LogP) is 4.63. The van der Waals surface area contributed by atoms with Crippen LogP contribution < -0.4 is 5.32 Å². The molecule has 0 spiro atoms. The standard InChI is InChI=1S/C16H28NO3P/c1-4-6-12-17-13-14-21(18,19-5-2)20-15(3)16-10-8-7-9-11-16/h16-17H,3-12H2,1-2H3. The quantitative estimate of drug-likeness (QED) is 0.233. The average molecular weight is 313 g/mol. The van der Waals surface area contributed by atoms with Crippen molar-refractivity contribution >= 4 is 7.60 Å². The average Bonchev–Trinajstić information content (AvgIpc) is 2.48. The normalized spacial score (nSPS) is 18.2. The summed E-state index contributed by atoms with van der Waals surface area (Å²) in [6.45, 7) is 8.91. The molecule has 0 aromatic heterocycles. The van der Waals surface area contributed by atoms with Crippen LogP contribution in [0, 0.1) is 17.6 Å². The Morgan fingerprint density at radius 1 is 1.33 bits per heavy atom. The lowest BCUT2D eigenvalue weighted by atomic mass is 9.88. The van der Waals surface area contributed by atoms with Crippen LogP contribution in [-0.2, 0) is 13.6 Å². The van der Waals surface area contributed by atoms with E-state index in [-0.39, 0.29) is 5.92 Å². The number of hydrogen-bond acceptors (Lipinski definition) is 4. The summed E-state index contributed by atoms with van der Waals surface area (Å²) in [6.07, 6.45) is 7.83. The van der Waals surface area contributed by atoms with Gasteiger partial charge < -0.3 is 9.84 Å². The number of unbranched alkanes of at least 4 members (excludes halogenated alkanes) is 1. The highest BCUT2D eigenvalue weighted by atomic mass is 31.2. The van der Waals surface area contributed by atoms with Gasteiger partial charge in [0.25, 0.3) is 0 Å². The molecule has 1 saturated carbocycles. The minimum atomic E-state index is -3.41. The topological polar surface area (TPSA) is 47.6 Å². The molecule has 0 radical (unpaired) electrons. The Balaban J connectivity index is 2.57. The van der Waals surface area contributed by atoms with Crippen LogP contribution in [0.5, 0.6) is 0 Å². The van der Waals surface area contributed by atoms with Gasteiger partial charge in [0.15, 0.2) is 0 Å². The Hall–Kier alpha value is -0.910. The molecule has 1 N–H and O–H groups in total. The summed E-state index contributed by atoms with van der Waals surface area (Å²) in [5.74, 6) is 0.844. The molecule has 1 atom stereocenters. The van der Waals surface area contributed by atoms with Crippen molar-refractivity contribution in [3.05, 3.63) is 12.3 Å². The van der Waals surface area contributed by atoms with Crippen LogP contribution in [0.25, 0.3) is 0 Å². The zero-order valence-corrected chi connectivity index (χ0v) is 14.2. The lowest BCUT2D eigenvalue weighted by Gasteiger charge is -2.25. The lowest BCUT2D eigenvalue weighted by molar-refractivity contribution is 0.228. The molecule has 0 bridgehead atoms. The van der Waals surface area contributed by atoms with E-state index < -0.39 is 7.60 Å². The first-order valence-electron chi connectivity index (χ1n) is 7.99.